The largest absolute Gasteiger partial charge is 0.462 e. The maximum atomic E-state index is 11.7. The highest BCUT2D eigenvalue weighted by Gasteiger charge is 2.20. The van der Waals surface area contributed by atoms with Crippen LogP contribution in [0.15, 0.2) is 12.2 Å². The molecule has 19 heavy (non-hydrogen) atoms. The summed E-state index contributed by atoms with van der Waals surface area (Å²) in [4.78, 5) is 23.2. The molecule has 1 aliphatic rings. The Bertz CT molecular complexity index is 321. The molecule has 0 amide bonds. The number of hydrogen-bond donors (Lipinski definition) is 0. The number of thioether (sulfide) groups is 1. The number of ether oxygens (including phenoxy) is 2. The topological polar surface area (TPSA) is 52.6 Å². The highest BCUT2D eigenvalue weighted by molar-refractivity contribution is 7.98. The number of rotatable bonds is 7. The highest BCUT2D eigenvalue weighted by Crippen LogP contribution is 2.21. The first-order chi connectivity index (χ1) is 9.13. The maximum absolute atomic E-state index is 11.7. The first kappa shape index (κ1) is 16.1. The van der Waals surface area contributed by atoms with E-state index in [4.69, 9.17) is 9.47 Å². The molecule has 1 aliphatic carbocycles. The van der Waals surface area contributed by atoms with Crippen molar-refractivity contribution in [1.29, 1.82) is 0 Å². The lowest BCUT2D eigenvalue weighted by Crippen LogP contribution is -2.22. The Balaban J connectivity index is 2.22. The van der Waals surface area contributed by atoms with Gasteiger partial charge in [-0.15, -0.1) is 0 Å². The molecule has 5 heteroatoms. The fraction of sp³-hybridized carbons (Fsp3) is 0.714. The molecule has 0 unspecified atom stereocenters. The van der Waals surface area contributed by atoms with Gasteiger partial charge in [0, 0.05) is 11.3 Å². The smallest absolute Gasteiger partial charge is 0.334 e. The fourth-order valence-electron chi connectivity index (χ4n) is 1.98. The summed E-state index contributed by atoms with van der Waals surface area (Å²) in [5, 5.41) is 0. The summed E-state index contributed by atoms with van der Waals surface area (Å²) < 4.78 is 10.3. The molecule has 0 heterocycles. The molecule has 1 saturated carbocycles. The van der Waals surface area contributed by atoms with Gasteiger partial charge in [0.25, 0.3) is 0 Å². The van der Waals surface area contributed by atoms with Crippen molar-refractivity contribution in [1.82, 2.24) is 0 Å². The normalized spacial score (nSPS) is 15.8. The zero-order chi connectivity index (χ0) is 14.1. The summed E-state index contributed by atoms with van der Waals surface area (Å²) in [7, 11) is 0. The standard InChI is InChI=1S/C14H22O4S/c1-11(14(16)17-8-9-19-2)10-13(15)18-12-6-4-3-5-7-12/h12H,1,3-10H2,2H3. The molecular weight excluding hydrogens is 264 g/mol. The predicted octanol–water partition coefficient (Wildman–Crippen LogP) is 2.71. The summed E-state index contributed by atoms with van der Waals surface area (Å²) in [6.45, 7) is 3.93. The van der Waals surface area contributed by atoms with Crippen molar-refractivity contribution in [3.05, 3.63) is 12.2 Å². The van der Waals surface area contributed by atoms with Crippen LogP contribution in [-0.2, 0) is 19.1 Å². The molecule has 1 fully saturated rings. The first-order valence-electron chi connectivity index (χ1n) is 6.66. The molecule has 0 aromatic heterocycles. The van der Waals surface area contributed by atoms with E-state index in [2.05, 4.69) is 6.58 Å². The van der Waals surface area contributed by atoms with Gasteiger partial charge in [-0.25, -0.2) is 4.79 Å². The average Bonchev–Trinajstić information content (AvgIpc) is 2.39. The Morgan fingerprint density at radius 3 is 2.58 bits per heavy atom. The van der Waals surface area contributed by atoms with E-state index in [0.717, 1.165) is 31.4 Å². The molecule has 0 aromatic rings. The quantitative estimate of drug-likeness (QED) is 0.409. The van der Waals surface area contributed by atoms with Crippen LogP contribution in [0.25, 0.3) is 0 Å². The van der Waals surface area contributed by atoms with Crippen LogP contribution < -0.4 is 0 Å². The molecule has 0 aliphatic heterocycles. The second-order valence-electron chi connectivity index (χ2n) is 4.66. The van der Waals surface area contributed by atoms with Gasteiger partial charge in [-0.1, -0.05) is 13.0 Å². The summed E-state index contributed by atoms with van der Waals surface area (Å²) in [6, 6.07) is 0. The monoisotopic (exact) mass is 286 g/mol. The molecule has 0 aromatic carbocycles. The third-order valence-electron chi connectivity index (χ3n) is 3.02. The van der Waals surface area contributed by atoms with Gasteiger partial charge >= 0.3 is 11.9 Å². The van der Waals surface area contributed by atoms with E-state index < -0.39 is 5.97 Å². The Hall–Kier alpha value is -0.970. The summed E-state index contributed by atoms with van der Waals surface area (Å²) in [5.74, 6) is -0.140. The van der Waals surface area contributed by atoms with Crippen molar-refractivity contribution in [3.63, 3.8) is 0 Å². The van der Waals surface area contributed by atoms with E-state index in [-0.39, 0.29) is 24.1 Å². The summed E-state index contributed by atoms with van der Waals surface area (Å²) in [5.41, 5.74) is 0.168. The second kappa shape index (κ2) is 9.02. The summed E-state index contributed by atoms with van der Waals surface area (Å²) >= 11 is 1.59. The molecule has 0 N–H and O–H groups in total. The fourth-order valence-corrected chi connectivity index (χ4v) is 2.23. The van der Waals surface area contributed by atoms with Gasteiger partial charge in [0.05, 0.1) is 6.42 Å². The zero-order valence-corrected chi connectivity index (χ0v) is 12.3. The second-order valence-corrected chi connectivity index (χ2v) is 5.64. The lowest BCUT2D eigenvalue weighted by molar-refractivity contribution is -0.151. The van der Waals surface area contributed by atoms with Crippen molar-refractivity contribution in [2.45, 2.75) is 44.6 Å². The van der Waals surface area contributed by atoms with Gasteiger partial charge < -0.3 is 9.47 Å². The number of esters is 2. The molecule has 0 bridgehead atoms. The number of carbonyl (C=O) groups is 2. The van der Waals surface area contributed by atoms with Gasteiger partial charge in [-0.3, -0.25) is 4.79 Å². The Labute approximate surface area is 118 Å². The molecule has 108 valence electrons. The van der Waals surface area contributed by atoms with Crippen LogP contribution in [0.2, 0.25) is 0 Å². The number of hydrogen-bond acceptors (Lipinski definition) is 5. The van der Waals surface area contributed by atoms with E-state index in [1.54, 1.807) is 11.8 Å². The van der Waals surface area contributed by atoms with Crippen molar-refractivity contribution in [2.24, 2.45) is 0 Å². The molecule has 1 rings (SSSR count). The third-order valence-corrected chi connectivity index (χ3v) is 3.59. The lowest BCUT2D eigenvalue weighted by atomic mass is 9.98. The van der Waals surface area contributed by atoms with Crippen molar-refractivity contribution in [3.8, 4) is 0 Å². The third kappa shape index (κ3) is 6.66. The first-order valence-corrected chi connectivity index (χ1v) is 8.06. The van der Waals surface area contributed by atoms with Crippen molar-refractivity contribution < 1.29 is 19.1 Å². The van der Waals surface area contributed by atoms with Crippen LogP contribution in [0.1, 0.15) is 38.5 Å². The minimum Gasteiger partial charge on any atom is -0.462 e. The van der Waals surface area contributed by atoms with Gasteiger partial charge in [0.2, 0.25) is 0 Å². The van der Waals surface area contributed by atoms with E-state index in [1.165, 1.54) is 6.42 Å². The molecule has 0 radical (unpaired) electrons. The Kier molecular flexibility index (Phi) is 7.63. The van der Waals surface area contributed by atoms with Crippen LogP contribution >= 0.6 is 11.8 Å². The zero-order valence-electron chi connectivity index (χ0n) is 11.5. The molecule has 0 saturated heterocycles. The molecular formula is C14H22O4S. The maximum Gasteiger partial charge on any atom is 0.334 e. The molecule has 0 spiro atoms. The SMILES string of the molecule is C=C(CC(=O)OC1CCCCC1)C(=O)OCCSC. The van der Waals surface area contributed by atoms with Crippen molar-refractivity contribution in [2.75, 3.05) is 18.6 Å². The van der Waals surface area contributed by atoms with E-state index in [9.17, 15) is 9.59 Å². The van der Waals surface area contributed by atoms with E-state index in [1.807, 2.05) is 6.26 Å². The number of carbonyl (C=O) groups excluding carboxylic acids is 2. The highest BCUT2D eigenvalue weighted by atomic mass is 32.2. The minimum absolute atomic E-state index is 0.0153. The van der Waals surface area contributed by atoms with Gasteiger partial charge in [0.1, 0.15) is 12.7 Å². The van der Waals surface area contributed by atoms with Gasteiger partial charge in [0.15, 0.2) is 0 Å². The molecule has 0 atom stereocenters. The van der Waals surface area contributed by atoms with Crippen LogP contribution in [0.4, 0.5) is 0 Å². The Morgan fingerprint density at radius 1 is 1.26 bits per heavy atom. The predicted molar refractivity (Wildman–Crippen MR) is 76.1 cm³/mol. The average molecular weight is 286 g/mol. The lowest BCUT2D eigenvalue weighted by Gasteiger charge is -2.21. The summed E-state index contributed by atoms with van der Waals surface area (Å²) in [6.07, 6.45) is 7.15. The Morgan fingerprint density at radius 2 is 1.95 bits per heavy atom. The van der Waals surface area contributed by atoms with Gasteiger partial charge in [-0.2, -0.15) is 11.8 Å². The van der Waals surface area contributed by atoms with Gasteiger partial charge in [-0.05, 0) is 31.9 Å². The van der Waals surface area contributed by atoms with Crippen molar-refractivity contribution >= 4 is 23.7 Å². The van der Waals surface area contributed by atoms with E-state index in [0.29, 0.717) is 6.61 Å². The van der Waals surface area contributed by atoms with Crippen LogP contribution in [0, 0.1) is 0 Å². The van der Waals surface area contributed by atoms with Crippen LogP contribution in [0.3, 0.4) is 0 Å². The minimum atomic E-state index is -0.505. The van der Waals surface area contributed by atoms with Crippen LogP contribution in [0.5, 0.6) is 0 Å². The van der Waals surface area contributed by atoms with Crippen LogP contribution in [-0.4, -0.2) is 36.7 Å². The molecule has 4 nitrogen and oxygen atoms in total. The van der Waals surface area contributed by atoms with E-state index >= 15 is 0 Å².